The van der Waals surface area contributed by atoms with Gasteiger partial charge in [0.25, 0.3) is 5.91 Å². The lowest BCUT2D eigenvalue weighted by atomic mass is 10.2. The Kier molecular flexibility index (Phi) is 4.41. The van der Waals surface area contributed by atoms with Gasteiger partial charge in [-0.15, -0.1) is 11.3 Å². The fraction of sp³-hybridized carbons (Fsp3) is 0.0526. The van der Waals surface area contributed by atoms with Crippen molar-refractivity contribution in [3.05, 3.63) is 75.8 Å². The summed E-state index contributed by atoms with van der Waals surface area (Å²) in [7, 11) is 0. The van der Waals surface area contributed by atoms with Gasteiger partial charge in [0.05, 0.1) is 21.9 Å². The lowest BCUT2D eigenvalue weighted by Crippen LogP contribution is -2.11. The number of fused-ring (bicyclic) bond motifs is 1. The number of carbonyl (C=O) groups excluding carboxylic acids is 1. The molecular formula is C19H12ClF2N3OS. The Morgan fingerprint density at radius 1 is 1.15 bits per heavy atom. The molecule has 4 nitrogen and oxygen atoms in total. The quantitative estimate of drug-likeness (QED) is 0.485. The fourth-order valence-electron chi connectivity index (χ4n) is 2.69. The van der Waals surface area contributed by atoms with Crippen molar-refractivity contribution in [2.45, 2.75) is 6.92 Å². The minimum Gasteiger partial charge on any atom is -0.319 e. The van der Waals surface area contributed by atoms with Gasteiger partial charge in [0, 0.05) is 16.5 Å². The Morgan fingerprint density at radius 2 is 1.89 bits per heavy atom. The third kappa shape index (κ3) is 3.31. The van der Waals surface area contributed by atoms with E-state index in [9.17, 15) is 13.6 Å². The van der Waals surface area contributed by atoms with Crippen LogP contribution in [-0.2, 0) is 0 Å². The van der Waals surface area contributed by atoms with Crippen LogP contribution in [0.25, 0.3) is 15.9 Å². The third-order valence-corrected chi connectivity index (χ3v) is 5.38. The van der Waals surface area contributed by atoms with Gasteiger partial charge < -0.3 is 5.32 Å². The summed E-state index contributed by atoms with van der Waals surface area (Å²) >= 11 is 7.17. The number of thiophene rings is 1. The normalized spacial score (nSPS) is 11.1. The largest absolute Gasteiger partial charge is 0.319 e. The maximum absolute atomic E-state index is 13.8. The second-order valence-corrected chi connectivity index (χ2v) is 7.35. The number of aromatic nitrogens is 2. The lowest BCUT2D eigenvalue weighted by Gasteiger charge is -2.05. The second-order valence-electron chi connectivity index (χ2n) is 5.88. The molecule has 0 bridgehead atoms. The van der Waals surface area contributed by atoms with E-state index in [1.165, 1.54) is 17.4 Å². The summed E-state index contributed by atoms with van der Waals surface area (Å²) in [5.41, 5.74) is 1.51. The molecule has 0 aliphatic heterocycles. The highest BCUT2D eigenvalue weighted by atomic mass is 35.5. The van der Waals surface area contributed by atoms with Gasteiger partial charge in [-0.05, 0) is 49.4 Å². The van der Waals surface area contributed by atoms with Crippen molar-refractivity contribution in [1.29, 1.82) is 0 Å². The fourth-order valence-corrected chi connectivity index (χ4v) is 3.90. The van der Waals surface area contributed by atoms with Crippen LogP contribution in [0.3, 0.4) is 0 Å². The van der Waals surface area contributed by atoms with Crippen molar-refractivity contribution >= 4 is 44.7 Å². The number of hydrogen-bond acceptors (Lipinski definition) is 3. The van der Waals surface area contributed by atoms with Gasteiger partial charge >= 0.3 is 0 Å². The molecule has 0 aliphatic carbocycles. The van der Waals surface area contributed by atoms with Gasteiger partial charge in [-0.1, -0.05) is 11.6 Å². The molecule has 0 spiro atoms. The molecule has 1 N–H and O–H groups in total. The Morgan fingerprint density at radius 3 is 2.59 bits per heavy atom. The number of benzene rings is 2. The van der Waals surface area contributed by atoms with Crippen LogP contribution in [0.15, 0.2) is 48.5 Å². The summed E-state index contributed by atoms with van der Waals surface area (Å²) in [6, 6.07) is 11.9. The summed E-state index contributed by atoms with van der Waals surface area (Å²) in [5.74, 6) is -2.00. The average molecular weight is 404 g/mol. The number of anilines is 1. The summed E-state index contributed by atoms with van der Waals surface area (Å²) in [6.45, 7) is 1.85. The molecule has 0 saturated heterocycles. The van der Waals surface area contributed by atoms with Crippen molar-refractivity contribution in [3.8, 4) is 5.69 Å². The lowest BCUT2D eigenvalue weighted by molar-refractivity contribution is 0.103. The molecule has 0 unspecified atom stereocenters. The van der Waals surface area contributed by atoms with E-state index in [0.29, 0.717) is 9.90 Å². The summed E-state index contributed by atoms with van der Waals surface area (Å²) in [6.07, 6.45) is 0. The van der Waals surface area contributed by atoms with Crippen molar-refractivity contribution in [1.82, 2.24) is 9.78 Å². The van der Waals surface area contributed by atoms with E-state index in [2.05, 4.69) is 10.4 Å². The zero-order valence-corrected chi connectivity index (χ0v) is 15.5. The van der Waals surface area contributed by atoms with Crippen LogP contribution in [0.2, 0.25) is 5.02 Å². The molecule has 0 saturated carbocycles. The van der Waals surface area contributed by atoms with Crippen molar-refractivity contribution in [2.75, 3.05) is 5.32 Å². The number of halogens is 3. The molecule has 4 aromatic rings. The predicted molar refractivity (Wildman–Crippen MR) is 103 cm³/mol. The minimum absolute atomic E-state index is 0.0742. The Labute approximate surface area is 162 Å². The molecule has 136 valence electrons. The highest BCUT2D eigenvalue weighted by Crippen LogP contribution is 2.31. The maximum Gasteiger partial charge on any atom is 0.265 e. The van der Waals surface area contributed by atoms with E-state index >= 15 is 0 Å². The summed E-state index contributed by atoms with van der Waals surface area (Å²) in [4.78, 5) is 13.7. The van der Waals surface area contributed by atoms with Gasteiger partial charge in [-0.2, -0.15) is 5.10 Å². The Hall–Kier alpha value is -2.77. The molecule has 0 aliphatic rings. The molecule has 0 atom stereocenters. The molecule has 2 aromatic heterocycles. The van der Waals surface area contributed by atoms with Crippen LogP contribution in [0, 0.1) is 18.6 Å². The number of nitrogens with one attached hydrogen (secondary N) is 1. The maximum atomic E-state index is 13.8. The molecule has 2 heterocycles. The number of carbonyl (C=O) groups is 1. The van der Waals surface area contributed by atoms with Gasteiger partial charge in [0.1, 0.15) is 16.5 Å². The Bertz CT molecular complexity index is 1170. The van der Waals surface area contributed by atoms with E-state index in [-0.39, 0.29) is 5.69 Å². The topological polar surface area (TPSA) is 46.9 Å². The smallest absolute Gasteiger partial charge is 0.265 e. The second kappa shape index (κ2) is 6.75. The van der Waals surface area contributed by atoms with Gasteiger partial charge in [-0.3, -0.25) is 4.79 Å². The van der Waals surface area contributed by atoms with Crippen LogP contribution < -0.4 is 5.32 Å². The molecule has 1 amide bonds. The van der Waals surface area contributed by atoms with Crippen molar-refractivity contribution < 1.29 is 13.6 Å². The third-order valence-electron chi connectivity index (χ3n) is 4.02. The number of amides is 1. The minimum atomic E-state index is -0.826. The van der Waals surface area contributed by atoms with Crippen LogP contribution in [0.4, 0.5) is 14.5 Å². The standard InChI is InChI=1S/C19H12ClF2N3OS/c1-10-14-9-17(18(26)23-16-7-4-12(21)8-15(16)22)27-19(14)25(24-10)13-5-2-11(20)3-6-13/h2-9H,1H3,(H,23,26). The first kappa shape index (κ1) is 17.6. The summed E-state index contributed by atoms with van der Waals surface area (Å²) < 4.78 is 28.5. The van der Waals surface area contributed by atoms with Crippen LogP contribution >= 0.6 is 22.9 Å². The average Bonchev–Trinajstić information content (AvgIpc) is 3.19. The first-order valence-corrected chi connectivity index (χ1v) is 9.13. The van der Waals surface area contributed by atoms with Crippen LogP contribution in [-0.4, -0.2) is 15.7 Å². The van der Waals surface area contributed by atoms with Gasteiger partial charge in [0.2, 0.25) is 0 Å². The highest BCUT2D eigenvalue weighted by molar-refractivity contribution is 7.20. The number of nitrogens with zero attached hydrogens (tertiary/aromatic N) is 2. The zero-order valence-electron chi connectivity index (χ0n) is 14.0. The van der Waals surface area contributed by atoms with E-state index in [0.717, 1.165) is 33.7 Å². The number of hydrogen-bond donors (Lipinski definition) is 1. The van der Waals surface area contributed by atoms with E-state index in [4.69, 9.17) is 11.6 Å². The first-order chi connectivity index (χ1) is 12.9. The first-order valence-electron chi connectivity index (χ1n) is 7.94. The molecule has 0 fully saturated rings. The Balaban J connectivity index is 1.70. The van der Waals surface area contributed by atoms with Gasteiger partial charge in [-0.25, -0.2) is 13.5 Å². The van der Waals surface area contributed by atoms with Gasteiger partial charge in [0.15, 0.2) is 0 Å². The van der Waals surface area contributed by atoms with E-state index < -0.39 is 17.5 Å². The predicted octanol–water partition coefficient (Wildman–Crippen LogP) is 5.58. The van der Waals surface area contributed by atoms with Crippen LogP contribution in [0.1, 0.15) is 15.4 Å². The number of rotatable bonds is 3. The summed E-state index contributed by atoms with van der Waals surface area (Å²) in [5, 5.41) is 8.43. The molecule has 27 heavy (non-hydrogen) atoms. The van der Waals surface area contributed by atoms with Crippen molar-refractivity contribution in [2.24, 2.45) is 0 Å². The molecule has 4 rings (SSSR count). The molecule has 0 radical (unpaired) electrons. The number of aryl methyl sites for hydroxylation is 1. The monoisotopic (exact) mass is 403 g/mol. The van der Waals surface area contributed by atoms with E-state index in [1.807, 2.05) is 19.1 Å². The zero-order chi connectivity index (χ0) is 19.1. The molecule has 2 aromatic carbocycles. The SMILES string of the molecule is Cc1nn(-c2ccc(Cl)cc2)c2sc(C(=O)Nc3ccc(F)cc3F)cc12. The molecule has 8 heteroatoms. The highest BCUT2D eigenvalue weighted by Gasteiger charge is 2.18. The van der Waals surface area contributed by atoms with Crippen molar-refractivity contribution in [3.63, 3.8) is 0 Å². The van der Waals surface area contributed by atoms with Crippen LogP contribution in [0.5, 0.6) is 0 Å². The van der Waals surface area contributed by atoms with E-state index in [1.54, 1.807) is 22.9 Å². The molecular weight excluding hydrogens is 392 g/mol.